The number of hydrogen-bond donors (Lipinski definition) is 1. The minimum Gasteiger partial charge on any atom is -0.464 e. The second-order valence-corrected chi connectivity index (χ2v) is 6.41. The van der Waals surface area contributed by atoms with Crippen molar-refractivity contribution in [1.82, 2.24) is 4.57 Å². The van der Waals surface area contributed by atoms with Gasteiger partial charge in [-0.15, -0.1) is 0 Å². The maximum atomic E-state index is 12.1. The quantitative estimate of drug-likeness (QED) is 0.520. The summed E-state index contributed by atoms with van der Waals surface area (Å²) in [6.45, 7) is 0. The molecule has 0 aliphatic rings. The highest BCUT2D eigenvalue weighted by Crippen LogP contribution is 2.27. The predicted octanol–water partition coefficient (Wildman–Crippen LogP) is 4.20. The van der Waals surface area contributed by atoms with Crippen LogP contribution in [-0.2, 0) is 4.74 Å². The Bertz CT molecular complexity index is 1090. The second kappa shape index (κ2) is 8.27. The first-order chi connectivity index (χ1) is 13.9. The third-order valence-corrected chi connectivity index (χ3v) is 4.32. The first-order valence-electron chi connectivity index (χ1n) is 8.73. The number of carbonyl (C=O) groups excluding carboxylic acids is 1. The maximum Gasteiger partial charge on any atom is 0.357 e. The Kier molecular flexibility index (Phi) is 5.60. The van der Waals surface area contributed by atoms with E-state index in [2.05, 4.69) is 10.2 Å². The zero-order chi connectivity index (χ0) is 21.0. The number of methoxy groups -OCH3 is 1. The maximum absolute atomic E-state index is 12.1. The van der Waals surface area contributed by atoms with E-state index in [-0.39, 0.29) is 16.9 Å². The van der Waals surface area contributed by atoms with Crippen LogP contribution >= 0.6 is 0 Å². The molecule has 3 aromatic rings. The summed E-state index contributed by atoms with van der Waals surface area (Å²) in [4.78, 5) is 14.1. The monoisotopic (exact) mass is 388 g/mol. The van der Waals surface area contributed by atoms with Gasteiger partial charge in [0.15, 0.2) is 5.69 Å². The molecule has 0 aliphatic carbocycles. The molecule has 0 saturated carbocycles. The van der Waals surface area contributed by atoms with Gasteiger partial charge >= 0.3 is 5.97 Å². The van der Waals surface area contributed by atoms with E-state index < -0.39 is 5.97 Å². The van der Waals surface area contributed by atoms with Crippen LogP contribution in [0.4, 0.5) is 22.7 Å². The van der Waals surface area contributed by atoms with Gasteiger partial charge in [0.2, 0.25) is 0 Å². The molecule has 0 bridgehead atoms. The number of nitriles is 1. The highest BCUT2D eigenvalue weighted by Gasteiger charge is 2.21. The molecule has 0 radical (unpaired) electrons. The van der Waals surface area contributed by atoms with Crippen LogP contribution in [0, 0.1) is 11.3 Å². The summed E-state index contributed by atoms with van der Waals surface area (Å²) in [6, 6.07) is 16.7. The molecule has 0 saturated heterocycles. The lowest BCUT2D eigenvalue weighted by atomic mass is 10.2. The molecule has 0 amide bonds. The number of carbonyl (C=O) groups is 1. The van der Waals surface area contributed by atoms with Crippen LogP contribution in [0.1, 0.15) is 16.1 Å². The van der Waals surface area contributed by atoms with Gasteiger partial charge in [-0.1, -0.05) is 0 Å². The number of anilines is 2. The summed E-state index contributed by atoms with van der Waals surface area (Å²) in [5.74, 6) is -0.617. The highest BCUT2D eigenvalue weighted by atomic mass is 16.5. The van der Waals surface area contributed by atoms with E-state index >= 15 is 0 Å². The van der Waals surface area contributed by atoms with Gasteiger partial charge in [0, 0.05) is 31.7 Å². The van der Waals surface area contributed by atoms with Gasteiger partial charge in [-0.05, 0) is 48.5 Å². The van der Waals surface area contributed by atoms with Crippen molar-refractivity contribution < 1.29 is 9.53 Å². The van der Waals surface area contributed by atoms with Gasteiger partial charge < -0.3 is 19.9 Å². The molecule has 0 aliphatic heterocycles. The van der Waals surface area contributed by atoms with Crippen molar-refractivity contribution in [2.45, 2.75) is 0 Å². The Balaban J connectivity index is 1.86. The van der Waals surface area contributed by atoms with Crippen molar-refractivity contribution in [3.8, 4) is 11.8 Å². The highest BCUT2D eigenvalue weighted by molar-refractivity contribution is 5.95. The molecule has 0 spiro atoms. The van der Waals surface area contributed by atoms with Crippen LogP contribution in [0.5, 0.6) is 0 Å². The third kappa shape index (κ3) is 4.09. The number of azo groups is 1. The average molecular weight is 388 g/mol. The second-order valence-electron chi connectivity index (χ2n) is 6.41. The predicted molar refractivity (Wildman–Crippen MR) is 111 cm³/mol. The third-order valence-electron chi connectivity index (χ3n) is 4.32. The van der Waals surface area contributed by atoms with E-state index in [1.807, 2.05) is 49.3 Å². The summed E-state index contributed by atoms with van der Waals surface area (Å²) < 4.78 is 6.31. The Morgan fingerprint density at radius 3 is 2.10 bits per heavy atom. The van der Waals surface area contributed by atoms with Crippen LogP contribution < -0.4 is 10.6 Å². The number of esters is 1. The lowest BCUT2D eigenvalue weighted by Crippen LogP contribution is -2.10. The van der Waals surface area contributed by atoms with E-state index in [4.69, 9.17) is 10.5 Å². The standard InChI is InChI=1S/C21H20N6O2/c1-26(2)17-8-4-15(5-9-17)24-25-16-6-10-18(11-7-16)27-13-14(12-22)19(23)20(27)21(28)29-3/h4-11,13H,23H2,1-3H3. The molecule has 3 rings (SSSR count). The van der Waals surface area contributed by atoms with E-state index in [1.165, 1.54) is 17.9 Å². The molecule has 2 aromatic carbocycles. The van der Waals surface area contributed by atoms with Crippen molar-refractivity contribution in [1.29, 1.82) is 5.26 Å². The number of nitrogens with two attached hydrogens (primary N) is 1. The number of ether oxygens (including phenoxy) is 1. The van der Waals surface area contributed by atoms with Gasteiger partial charge in [-0.3, -0.25) is 0 Å². The summed E-state index contributed by atoms with van der Waals surface area (Å²) in [5.41, 5.74) is 9.43. The molecule has 0 atom stereocenters. The minimum absolute atomic E-state index is 0.0873. The molecule has 0 fully saturated rings. The fraction of sp³-hybridized carbons (Fsp3) is 0.143. The SMILES string of the molecule is COC(=O)c1c(N)c(C#N)cn1-c1ccc(N=Nc2ccc(N(C)C)cc2)cc1. The van der Waals surface area contributed by atoms with E-state index in [1.54, 1.807) is 24.3 Å². The van der Waals surface area contributed by atoms with E-state index in [9.17, 15) is 10.1 Å². The fourth-order valence-corrected chi connectivity index (χ4v) is 2.73. The summed E-state index contributed by atoms with van der Waals surface area (Å²) in [5, 5.41) is 17.7. The average Bonchev–Trinajstić information content (AvgIpc) is 3.08. The number of nitrogen functional groups attached to an aromatic ring is 1. The van der Waals surface area contributed by atoms with Crippen molar-refractivity contribution in [2.75, 3.05) is 31.8 Å². The molecular formula is C21H20N6O2. The molecule has 1 heterocycles. The largest absolute Gasteiger partial charge is 0.464 e. The molecular weight excluding hydrogens is 368 g/mol. The normalized spacial score (nSPS) is 10.7. The van der Waals surface area contributed by atoms with Gasteiger partial charge in [-0.2, -0.15) is 15.5 Å². The van der Waals surface area contributed by atoms with Gasteiger partial charge in [0.25, 0.3) is 0 Å². The topological polar surface area (TPSA) is 109 Å². The smallest absolute Gasteiger partial charge is 0.357 e. The van der Waals surface area contributed by atoms with Crippen LogP contribution in [0.25, 0.3) is 5.69 Å². The number of nitrogens with zero attached hydrogens (tertiary/aromatic N) is 5. The van der Waals surface area contributed by atoms with Crippen LogP contribution in [0.15, 0.2) is 65.0 Å². The van der Waals surface area contributed by atoms with E-state index in [0.717, 1.165) is 11.4 Å². The molecule has 146 valence electrons. The number of rotatable bonds is 5. The van der Waals surface area contributed by atoms with Crippen molar-refractivity contribution in [3.63, 3.8) is 0 Å². The minimum atomic E-state index is -0.617. The molecule has 0 unspecified atom stereocenters. The molecule has 2 N–H and O–H groups in total. The van der Waals surface area contributed by atoms with Crippen molar-refractivity contribution >= 4 is 28.7 Å². The van der Waals surface area contributed by atoms with Gasteiger partial charge in [0.1, 0.15) is 6.07 Å². The Morgan fingerprint density at radius 2 is 1.62 bits per heavy atom. The molecule has 8 nitrogen and oxygen atoms in total. The van der Waals surface area contributed by atoms with Gasteiger partial charge in [0.05, 0.1) is 29.7 Å². The Labute approximate surface area is 168 Å². The molecule has 29 heavy (non-hydrogen) atoms. The number of benzene rings is 2. The molecule has 1 aromatic heterocycles. The zero-order valence-electron chi connectivity index (χ0n) is 16.3. The number of aromatic nitrogens is 1. The van der Waals surface area contributed by atoms with E-state index in [0.29, 0.717) is 11.4 Å². The first kappa shape index (κ1) is 19.6. The van der Waals surface area contributed by atoms with Crippen molar-refractivity contribution in [3.05, 3.63) is 66.0 Å². The zero-order valence-corrected chi connectivity index (χ0v) is 16.3. The first-order valence-corrected chi connectivity index (χ1v) is 8.73. The van der Waals surface area contributed by atoms with Crippen LogP contribution in [-0.4, -0.2) is 31.7 Å². The lowest BCUT2D eigenvalue weighted by Gasteiger charge is -2.11. The number of hydrogen-bond acceptors (Lipinski definition) is 7. The summed E-state index contributed by atoms with van der Waals surface area (Å²) >= 11 is 0. The Hall–Kier alpha value is -4.12. The summed E-state index contributed by atoms with van der Waals surface area (Å²) in [6.07, 6.45) is 1.50. The van der Waals surface area contributed by atoms with Crippen molar-refractivity contribution in [2.24, 2.45) is 10.2 Å². The van der Waals surface area contributed by atoms with Crippen LogP contribution in [0.2, 0.25) is 0 Å². The van der Waals surface area contributed by atoms with Gasteiger partial charge in [-0.25, -0.2) is 4.79 Å². The Morgan fingerprint density at radius 1 is 1.07 bits per heavy atom. The van der Waals surface area contributed by atoms with Crippen LogP contribution in [0.3, 0.4) is 0 Å². The fourth-order valence-electron chi connectivity index (χ4n) is 2.73. The molecule has 8 heteroatoms. The lowest BCUT2D eigenvalue weighted by molar-refractivity contribution is 0.0593. The summed E-state index contributed by atoms with van der Waals surface area (Å²) in [7, 11) is 5.21.